The SMILES string of the molecule is CCCCCCCCC(O)C=CC=Cc1ccccc1CCCCC(=O)OCC. The molecule has 1 rings (SSSR count). The van der Waals surface area contributed by atoms with Gasteiger partial charge in [0, 0.05) is 6.42 Å². The van der Waals surface area contributed by atoms with E-state index in [-0.39, 0.29) is 12.1 Å². The van der Waals surface area contributed by atoms with Crippen LogP contribution in [-0.4, -0.2) is 23.8 Å². The van der Waals surface area contributed by atoms with E-state index in [0.29, 0.717) is 13.0 Å². The maximum absolute atomic E-state index is 11.4. The predicted molar refractivity (Wildman–Crippen MR) is 123 cm³/mol. The number of hydrogen-bond acceptors (Lipinski definition) is 3. The van der Waals surface area contributed by atoms with Crippen molar-refractivity contribution in [3.63, 3.8) is 0 Å². The Morgan fingerprint density at radius 3 is 2.55 bits per heavy atom. The third-order valence-electron chi connectivity index (χ3n) is 5.01. The van der Waals surface area contributed by atoms with E-state index in [2.05, 4.69) is 31.2 Å². The largest absolute Gasteiger partial charge is 0.466 e. The number of unbranched alkanes of at least 4 members (excludes halogenated alkanes) is 6. The summed E-state index contributed by atoms with van der Waals surface area (Å²) in [7, 11) is 0. The molecule has 1 atom stereocenters. The van der Waals surface area contributed by atoms with Crippen LogP contribution in [-0.2, 0) is 16.0 Å². The predicted octanol–water partition coefficient (Wildman–Crippen LogP) is 6.64. The van der Waals surface area contributed by atoms with E-state index in [0.717, 1.165) is 32.1 Å². The number of allylic oxidation sites excluding steroid dienone is 2. The van der Waals surface area contributed by atoms with Crippen LogP contribution in [0, 0.1) is 0 Å². The molecule has 162 valence electrons. The topological polar surface area (TPSA) is 46.5 Å². The van der Waals surface area contributed by atoms with Crippen molar-refractivity contribution >= 4 is 12.0 Å². The molecule has 29 heavy (non-hydrogen) atoms. The van der Waals surface area contributed by atoms with Crippen LogP contribution >= 0.6 is 0 Å². The Hall–Kier alpha value is -1.87. The van der Waals surface area contributed by atoms with Gasteiger partial charge in [-0.25, -0.2) is 0 Å². The minimum atomic E-state index is -0.357. The lowest BCUT2D eigenvalue weighted by Gasteiger charge is -2.06. The summed E-state index contributed by atoms with van der Waals surface area (Å²) in [5.41, 5.74) is 2.48. The van der Waals surface area contributed by atoms with Gasteiger partial charge in [0.1, 0.15) is 0 Å². The highest BCUT2D eigenvalue weighted by molar-refractivity contribution is 5.69. The zero-order valence-corrected chi connectivity index (χ0v) is 18.4. The molecule has 3 nitrogen and oxygen atoms in total. The molecule has 3 heteroatoms. The van der Waals surface area contributed by atoms with E-state index >= 15 is 0 Å². The number of aliphatic hydroxyl groups is 1. The highest BCUT2D eigenvalue weighted by Crippen LogP contribution is 2.15. The normalized spacial score (nSPS) is 12.7. The number of carbonyl (C=O) groups is 1. The van der Waals surface area contributed by atoms with Gasteiger partial charge in [-0.3, -0.25) is 4.79 Å². The fraction of sp³-hybridized carbons (Fsp3) is 0.577. The Balaban J connectivity index is 2.34. The molecule has 0 heterocycles. The van der Waals surface area contributed by atoms with Gasteiger partial charge in [0.15, 0.2) is 0 Å². The average Bonchev–Trinajstić information content (AvgIpc) is 2.72. The van der Waals surface area contributed by atoms with Gasteiger partial charge in [0.25, 0.3) is 0 Å². The molecular weight excluding hydrogens is 360 g/mol. The van der Waals surface area contributed by atoms with Gasteiger partial charge in [-0.2, -0.15) is 0 Å². The Kier molecular flexibility index (Phi) is 14.8. The first-order valence-corrected chi connectivity index (χ1v) is 11.4. The highest BCUT2D eigenvalue weighted by atomic mass is 16.5. The van der Waals surface area contributed by atoms with Gasteiger partial charge in [-0.1, -0.05) is 94.0 Å². The van der Waals surface area contributed by atoms with Gasteiger partial charge in [0.2, 0.25) is 0 Å². The first kappa shape index (κ1) is 25.2. The second-order valence-corrected chi connectivity index (χ2v) is 7.58. The summed E-state index contributed by atoms with van der Waals surface area (Å²) in [5.74, 6) is -0.106. The van der Waals surface area contributed by atoms with Gasteiger partial charge >= 0.3 is 5.97 Å². The quantitative estimate of drug-likeness (QED) is 0.192. The van der Waals surface area contributed by atoms with E-state index in [1.54, 1.807) is 0 Å². The number of rotatable bonds is 16. The van der Waals surface area contributed by atoms with Crippen LogP contribution in [0.2, 0.25) is 0 Å². The van der Waals surface area contributed by atoms with E-state index in [1.807, 2.05) is 31.2 Å². The number of aryl methyl sites for hydroxylation is 1. The van der Waals surface area contributed by atoms with Crippen molar-refractivity contribution in [2.45, 2.75) is 90.6 Å². The fourth-order valence-electron chi connectivity index (χ4n) is 3.32. The Morgan fingerprint density at radius 2 is 1.76 bits per heavy atom. The lowest BCUT2D eigenvalue weighted by molar-refractivity contribution is -0.143. The summed E-state index contributed by atoms with van der Waals surface area (Å²) in [4.78, 5) is 11.4. The monoisotopic (exact) mass is 400 g/mol. The van der Waals surface area contributed by atoms with Crippen molar-refractivity contribution in [1.29, 1.82) is 0 Å². The lowest BCUT2D eigenvalue weighted by Crippen LogP contribution is -2.03. The van der Waals surface area contributed by atoms with Crippen LogP contribution < -0.4 is 0 Å². The van der Waals surface area contributed by atoms with E-state index < -0.39 is 0 Å². The van der Waals surface area contributed by atoms with Crippen molar-refractivity contribution < 1.29 is 14.6 Å². The van der Waals surface area contributed by atoms with Gasteiger partial charge < -0.3 is 9.84 Å². The summed E-state index contributed by atoms with van der Waals surface area (Å²) >= 11 is 0. The van der Waals surface area contributed by atoms with Crippen molar-refractivity contribution in [2.75, 3.05) is 6.61 Å². The maximum atomic E-state index is 11.4. The smallest absolute Gasteiger partial charge is 0.305 e. The van der Waals surface area contributed by atoms with Crippen molar-refractivity contribution in [3.8, 4) is 0 Å². The van der Waals surface area contributed by atoms with Gasteiger partial charge in [-0.05, 0) is 43.7 Å². The molecule has 0 aliphatic heterocycles. The van der Waals surface area contributed by atoms with Gasteiger partial charge in [-0.15, -0.1) is 0 Å². The second kappa shape index (κ2) is 17.0. The van der Waals surface area contributed by atoms with Crippen LogP contribution in [0.3, 0.4) is 0 Å². The molecule has 0 saturated heterocycles. The molecule has 0 aliphatic rings. The van der Waals surface area contributed by atoms with Crippen LogP contribution in [0.15, 0.2) is 42.5 Å². The first-order chi connectivity index (χ1) is 14.2. The minimum absolute atomic E-state index is 0.106. The number of esters is 1. The van der Waals surface area contributed by atoms with E-state index in [4.69, 9.17) is 4.74 Å². The van der Waals surface area contributed by atoms with Crippen molar-refractivity contribution in [1.82, 2.24) is 0 Å². The van der Waals surface area contributed by atoms with E-state index in [1.165, 1.54) is 43.2 Å². The molecular formula is C26H40O3. The number of aliphatic hydroxyl groups excluding tert-OH is 1. The number of carbonyl (C=O) groups excluding carboxylic acids is 1. The Labute approximate surface area is 177 Å². The zero-order chi connectivity index (χ0) is 21.2. The minimum Gasteiger partial charge on any atom is -0.466 e. The molecule has 1 N–H and O–H groups in total. The standard InChI is InChI=1S/C26H40O3/c1-3-5-6-7-8-9-20-25(27)21-14-12-18-23-16-10-11-17-24(23)19-13-15-22-26(28)29-4-2/h10-12,14,16-18,21,25,27H,3-9,13,15,19-20,22H2,1-2H3. The van der Waals surface area contributed by atoms with Crippen LogP contribution in [0.5, 0.6) is 0 Å². The average molecular weight is 401 g/mol. The molecule has 0 saturated carbocycles. The third kappa shape index (κ3) is 13.1. The first-order valence-electron chi connectivity index (χ1n) is 11.4. The molecule has 0 spiro atoms. The molecule has 1 aromatic rings. The third-order valence-corrected chi connectivity index (χ3v) is 5.01. The molecule has 1 unspecified atom stereocenters. The second-order valence-electron chi connectivity index (χ2n) is 7.58. The highest BCUT2D eigenvalue weighted by Gasteiger charge is 2.03. The van der Waals surface area contributed by atoms with Crippen LogP contribution in [0.25, 0.3) is 6.08 Å². The van der Waals surface area contributed by atoms with Crippen molar-refractivity contribution in [3.05, 3.63) is 53.6 Å². The summed E-state index contributed by atoms with van der Waals surface area (Å²) in [6.07, 6.45) is 19.1. The van der Waals surface area contributed by atoms with Crippen LogP contribution in [0.4, 0.5) is 0 Å². The maximum Gasteiger partial charge on any atom is 0.305 e. The molecule has 0 amide bonds. The summed E-state index contributed by atoms with van der Waals surface area (Å²) in [5, 5.41) is 10.1. The zero-order valence-electron chi connectivity index (χ0n) is 18.4. The molecule has 1 aromatic carbocycles. The molecule has 0 aliphatic carbocycles. The van der Waals surface area contributed by atoms with Crippen LogP contribution in [0.1, 0.15) is 89.2 Å². The van der Waals surface area contributed by atoms with E-state index in [9.17, 15) is 9.90 Å². The van der Waals surface area contributed by atoms with Crippen molar-refractivity contribution in [2.24, 2.45) is 0 Å². The summed E-state index contributed by atoms with van der Waals surface area (Å²) in [6, 6.07) is 8.34. The number of hydrogen-bond donors (Lipinski definition) is 1. The fourth-order valence-corrected chi connectivity index (χ4v) is 3.32. The lowest BCUT2D eigenvalue weighted by atomic mass is 10.0. The number of ether oxygens (including phenoxy) is 1. The molecule has 0 bridgehead atoms. The molecule has 0 radical (unpaired) electrons. The molecule has 0 fully saturated rings. The Bertz CT molecular complexity index is 604. The van der Waals surface area contributed by atoms with Gasteiger partial charge in [0.05, 0.1) is 12.7 Å². The Morgan fingerprint density at radius 1 is 1.00 bits per heavy atom. The summed E-state index contributed by atoms with van der Waals surface area (Å²) < 4.78 is 4.97. The molecule has 0 aromatic heterocycles. The number of benzene rings is 1. The summed E-state index contributed by atoms with van der Waals surface area (Å²) in [6.45, 7) is 4.52.